The number of hydrogen-bond acceptors (Lipinski definition) is 2. The number of ketones is 1. The molecule has 2 nitrogen and oxygen atoms in total. The Morgan fingerprint density at radius 1 is 1.00 bits per heavy atom. The lowest BCUT2D eigenvalue weighted by atomic mass is 9.92. The Morgan fingerprint density at radius 3 is 2.05 bits per heavy atom. The summed E-state index contributed by atoms with van der Waals surface area (Å²) < 4.78 is 13.7. The van der Waals surface area contributed by atoms with Crippen molar-refractivity contribution in [2.24, 2.45) is 0 Å². The maximum Gasteiger partial charge on any atom is 0.193 e. The van der Waals surface area contributed by atoms with Crippen LogP contribution >= 0.6 is 0 Å². The molecule has 0 saturated heterocycles. The Morgan fingerprint density at radius 2 is 1.55 bits per heavy atom. The second-order valence-electron chi connectivity index (χ2n) is 5.28. The molecule has 0 amide bonds. The Hall–Kier alpha value is -2.16. The first-order valence-corrected chi connectivity index (χ1v) is 6.49. The van der Waals surface area contributed by atoms with Crippen molar-refractivity contribution in [3.8, 4) is 0 Å². The molecule has 2 rings (SSSR count). The highest BCUT2D eigenvalue weighted by Crippen LogP contribution is 2.24. The van der Waals surface area contributed by atoms with E-state index in [1.165, 1.54) is 6.07 Å². The van der Waals surface area contributed by atoms with Crippen molar-refractivity contribution in [1.29, 1.82) is 0 Å². The van der Waals surface area contributed by atoms with Gasteiger partial charge in [0.2, 0.25) is 0 Å². The summed E-state index contributed by atoms with van der Waals surface area (Å²) in [6, 6.07) is 6.70. The molecule has 2 aromatic carbocycles. The van der Waals surface area contributed by atoms with Crippen LogP contribution in [-0.4, -0.2) is 5.78 Å². The summed E-state index contributed by atoms with van der Waals surface area (Å²) in [5, 5.41) is 0. The van der Waals surface area contributed by atoms with Crippen LogP contribution in [0.4, 0.5) is 10.1 Å². The summed E-state index contributed by atoms with van der Waals surface area (Å²) in [7, 11) is 0. The lowest BCUT2D eigenvalue weighted by molar-refractivity contribution is 0.103. The van der Waals surface area contributed by atoms with Crippen molar-refractivity contribution in [2.75, 3.05) is 5.73 Å². The number of carbonyl (C=O) groups excluding carboxylic acids is 1. The number of anilines is 1. The quantitative estimate of drug-likeness (QED) is 0.665. The average molecular weight is 271 g/mol. The second-order valence-corrected chi connectivity index (χ2v) is 5.28. The van der Waals surface area contributed by atoms with Gasteiger partial charge in [-0.15, -0.1) is 0 Å². The number of halogens is 1. The van der Waals surface area contributed by atoms with E-state index >= 15 is 0 Å². The smallest absolute Gasteiger partial charge is 0.193 e. The van der Waals surface area contributed by atoms with Crippen LogP contribution in [0, 0.1) is 33.5 Å². The van der Waals surface area contributed by atoms with Crippen LogP contribution in [0.2, 0.25) is 0 Å². The van der Waals surface area contributed by atoms with Crippen LogP contribution in [0.1, 0.15) is 38.2 Å². The van der Waals surface area contributed by atoms with Gasteiger partial charge >= 0.3 is 0 Å². The summed E-state index contributed by atoms with van der Waals surface area (Å²) in [5.74, 6) is -0.638. The molecule has 0 atom stereocenters. The SMILES string of the molecule is Cc1cc(C)c(C(=O)c2cc(N)c(C)c(F)c2)c(C)c1. The van der Waals surface area contributed by atoms with Crippen LogP contribution in [0.25, 0.3) is 0 Å². The molecule has 0 unspecified atom stereocenters. The first-order chi connectivity index (χ1) is 9.31. The van der Waals surface area contributed by atoms with E-state index in [0.29, 0.717) is 22.4 Å². The maximum absolute atomic E-state index is 13.7. The van der Waals surface area contributed by atoms with E-state index in [4.69, 9.17) is 5.73 Å². The molecule has 104 valence electrons. The largest absolute Gasteiger partial charge is 0.398 e. The first kappa shape index (κ1) is 14.3. The minimum Gasteiger partial charge on any atom is -0.398 e. The molecule has 0 heterocycles. The molecule has 2 aromatic rings. The highest BCUT2D eigenvalue weighted by molar-refractivity contribution is 6.11. The van der Waals surface area contributed by atoms with E-state index in [0.717, 1.165) is 16.7 Å². The fourth-order valence-electron chi connectivity index (χ4n) is 2.51. The third kappa shape index (κ3) is 2.44. The van der Waals surface area contributed by atoms with Crippen LogP contribution in [0.5, 0.6) is 0 Å². The zero-order valence-electron chi connectivity index (χ0n) is 12.2. The first-order valence-electron chi connectivity index (χ1n) is 6.49. The molecule has 0 aliphatic heterocycles. The van der Waals surface area contributed by atoms with Crippen molar-refractivity contribution in [3.05, 3.63) is 63.5 Å². The average Bonchev–Trinajstić information content (AvgIpc) is 2.33. The Labute approximate surface area is 118 Å². The van der Waals surface area contributed by atoms with E-state index in [2.05, 4.69) is 0 Å². The summed E-state index contributed by atoms with van der Waals surface area (Å²) in [4.78, 5) is 12.6. The number of aryl methyl sites for hydroxylation is 3. The third-order valence-corrected chi connectivity index (χ3v) is 3.55. The molecule has 20 heavy (non-hydrogen) atoms. The van der Waals surface area contributed by atoms with E-state index < -0.39 is 5.82 Å². The highest BCUT2D eigenvalue weighted by atomic mass is 19.1. The van der Waals surface area contributed by atoms with Gasteiger partial charge in [-0.25, -0.2) is 4.39 Å². The fourth-order valence-corrected chi connectivity index (χ4v) is 2.51. The number of hydrogen-bond donors (Lipinski definition) is 1. The van der Waals surface area contributed by atoms with E-state index in [9.17, 15) is 9.18 Å². The predicted molar refractivity (Wildman–Crippen MR) is 79.6 cm³/mol. The number of nitrogens with two attached hydrogens (primary N) is 1. The van der Waals surface area contributed by atoms with Crippen molar-refractivity contribution < 1.29 is 9.18 Å². The normalized spacial score (nSPS) is 10.7. The molecule has 0 aromatic heterocycles. The van der Waals surface area contributed by atoms with Gasteiger partial charge in [0.15, 0.2) is 5.78 Å². The maximum atomic E-state index is 13.7. The fraction of sp³-hybridized carbons (Fsp3) is 0.235. The summed E-state index contributed by atoms with van der Waals surface area (Å²) in [6.07, 6.45) is 0. The zero-order valence-corrected chi connectivity index (χ0v) is 12.2. The predicted octanol–water partition coefficient (Wildman–Crippen LogP) is 3.87. The van der Waals surface area contributed by atoms with Gasteiger partial charge in [-0.3, -0.25) is 4.79 Å². The number of rotatable bonds is 2. The van der Waals surface area contributed by atoms with Gasteiger partial charge in [0.25, 0.3) is 0 Å². The van der Waals surface area contributed by atoms with Crippen molar-refractivity contribution in [2.45, 2.75) is 27.7 Å². The second kappa shape index (κ2) is 5.08. The van der Waals surface area contributed by atoms with Gasteiger partial charge in [-0.05, 0) is 51.0 Å². The molecule has 2 N–H and O–H groups in total. The number of carbonyl (C=O) groups is 1. The Balaban J connectivity index is 2.58. The minimum atomic E-state index is -0.448. The summed E-state index contributed by atoms with van der Waals surface area (Å²) in [6.45, 7) is 7.36. The summed E-state index contributed by atoms with van der Waals surface area (Å²) >= 11 is 0. The monoisotopic (exact) mass is 271 g/mol. The van der Waals surface area contributed by atoms with Crippen molar-refractivity contribution >= 4 is 11.5 Å². The van der Waals surface area contributed by atoms with E-state index in [1.54, 1.807) is 13.0 Å². The molecular formula is C17H18FNO. The number of nitrogen functional groups attached to an aromatic ring is 1. The van der Waals surface area contributed by atoms with Gasteiger partial charge < -0.3 is 5.73 Å². The van der Waals surface area contributed by atoms with E-state index in [-0.39, 0.29) is 5.78 Å². The zero-order chi connectivity index (χ0) is 15.0. The molecule has 0 saturated carbocycles. The molecule has 0 radical (unpaired) electrons. The van der Waals surface area contributed by atoms with Crippen LogP contribution in [-0.2, 0) is 0 Å². The lowest BCUT2D eigenvalue weighted by Gasteiger charge is -2.12. The van der Waals surface area contributed by atoms with Crippen LogP contribution in [0.3, 0.4) is 0 Å². The molecule has 0 aliphatic carbocycles. The Kier molecular flexibility index (Phi) is 3.62. The van der Waals surface area contributed by atoms with Gasteiger partial charge in [0.1, 0.15) is 5.82 Å². The molecular weight excluding hydrogens is 253 g/mol. The lowest BCUT2D eigenvalue weighted by Crippen LogP contribution is -2.08. The summed E-state index contributed by atoms with van der Waals surface area (Å²) in [5.41, 5.74) is 10.2. The molecule has 0 bridgehead atoms. The van der Waals surface area contributed by atoms with E-state index in [1.807, 2.05) is 32.9 Å². The molecule has 3 heteroatoms. The van der Waals surface area contributed by atoms with Crippen molar-refractivity contribution in [3.63, 3.8) is 0 Å². The molecule has 0 spiro atoms. The number of benzene rings is 2. The topological polar surface area (TPSA) is 43.1 Å². The van der Waals surface area contributed by atoms with Gasteiger partial charge in [-0.2, -0.15) is 0 Å². The van der Waals surface area contributed by atoms with Gasteiger partial charge in [0, 0.05) is 22.4 Å². The van der Waals surface area contributed by atoms with Crippen LogP contribution < -0.4 is 5.73 Å². The Bertz CT molecular complexity index is 658. The van der Waals surface area contributed by atoms with Crippen molar-refractivity contribution in [1.82, 2.24) is 0 Å². The van der Waals surface area contributed by atoms with Gasteiger partial charge in [0.05, 0.1) is 0 Å². The minimum absolute atomic E-state index is 0.189. The van der Waals surface area contributed by atoms with Crippen LogP contribution in [0.15, 0.2) is 24.3 Å². The molecule has 0 fully saturated rings. The van der Waals surface area contributed by atoms with Gasteiger partial charge in [-0.1, -0.05) is 17.7 Å². The highest BCUT2D eigenvalue weighted by Gasteiger charge is 2.17. The molecule has 0 aliphatic rings. The standard InChI is InChI=1S/C17H18FNO/c1-9-5-10(2)16(11(3)6-9)17(20)13-7-14(18)12(4)15(19)8-13/h5-8H,19H2,1-4H3. The third-order valence-electron chi connectivity index (χ3n) is 3.55.